The zero-order valence-corrected chi connectivity index (χ0v) is 14.8. The average Bonchev–Trinajstić information content (AvgIpc) is 3.14. The van der Waals surface area contributed by atoms with Gasteiger partial charge in [-0.15, -0.1) is 0 Å². The molecule has 0 unspecified atom stereocenters. The first-order chi connectivity index (χ1) is 13.4. The fraction of sp³-hybridized carbons (Fsp3) is 0.100. The molecule has 0 saturated carbocycles. The Labute approximate surface area is 157 Å². The highest BCUT2D eigenvalue weighted by molar-refractivity contribution is 5.88. The minimum atomic E-state index is -1.52. The number of nitrogens with zero attached hydrogens (tertiary/aromatic N) is 2. The first-order valence-corrected chi connectivity index (χ1v) is 8.47. The Kier molecular flexibility index (Phi) is 4.38. The van der Waals surface area contributed by atoms with E-state index >= 15 is 0 Å². The highest BCUT2D eigenvalue weighted by atomic mass is 19.2. The summed E-state index contributed by atoms with van der Waals surface area (Å²) in [5, 5.41) is 4.11. The Morgan fingerprint density at radius 1 is 1.11 bits per heavy atom. The fourth-order valence-electron chi connectivity index (χ4n) is 3.09. The van der Waals surface area contributed by atoms with E-state index in [9.17, 15) is 18.0 Å². The second kappa shape index (κ2) is 6.88. The van der Waals surface area contributed by atoms with Gasteiger partial charge in [-0.25, -0.2) is 13.2 Å². The van der Waals surface area contributed by atoms with Gasteiger partial charge in [0.25, 0.3) is 5.56 Å². The number of aryl methyl sites for hydroxylation is 1. The van der Waals surface area contributed by atoms with Crippen molar-refractivity contribution >= 4 is 22.5 Å². The van der Waals surface area contributed by atoms with Crippen LogP contribution in [-0.2, 0) is 6.54 Å². The summed E-state index contributed by atoms with van der Waals surface area (Å²) < 4.78 is 41.7. The lowest BCUT2D eigenvalue weighted by molar-refractivity contribution is 0.444. The number of fused-ring (bicyclic) bond motifs is 1. The van der Waals surface area contributed by atoms with E-state index in [-0.39, 0.29) is 18.1 Å². The lowest BCUT2D eigenvalue weighted by atomic mass is 10.1. The molecule has 0 bridgehead atoms. The van der Waals surface area contributed by atoms with Crippen LogP contribution in [0.1, 0.15) is 11.1 Å². The maximum Gasteiger partial charge on any atom is 0.274 e. The third-order valence-corrected chi connectivity index (χ3v) is 4.53. The van der Waals surface area contributed by atoms with Crippen molar-refractivity contribution in [2.24, 2.45) is 0 Å². The number of H-pyrrole nitrogens is 1. The van der Waals surface area contributed by atoms with Gasteiger partial charge < -0.3 is 14.9 Å². The van der Waals surface area contributed by atoms with Gasteiger partial charge >= 0.3 is 0 Å². The Hall–Kier alpha value is -3.55. The molecule has 0 aliphatic carbocycles. The third-order valence-electron chi connectivity index (χ3n) is 4.53. The van der Waals surface area contributed by atoms with Crippen LogP contribution >= 0.6 is 0 Å². The highest BCUT2D eigenvalue weighted by Crippen LogP contribution is 2.27. The number of aromatic nitrogens is 3. The van der Waals surface area contributed by atoms with E-state index in [0.29, 0.717) is 0 Å². The Morgan fingerprint density at radius 2 is 1.86 bits per heavy atom. The van der Waals surface area contributed by atoms with E-state index in [0.717, 1.165) is 34.3 Å². The van der Waals surface area contributed by atoms with Crippen LogP contribution in [0.2, 0.25) is 0 Å². The molecule has 2 aromatic carbocycles. The van der Waals surface area contributed by atoms with Crippen LogP contribution in [-0.4, -0.2) is 14.5 Å². The molecule has 2 N–H and O–H groups in total. The van der Waals surface area contributed by atoms with E-state index in [1.165, 1.54) is 16.8 Å². The molecule has 0 aliphatic rings. The van der Waals surface area contributed by atoms with Crippen LogP contribution < -0.4 is 10.9 Å². The van der Waals surface area contributed by atoms with Crippen LogP contribution in [0.25, 0.3) is 10.9 Å². The molecule has 0 saturated heterocycles. The molecular weight excluding hydrogens is 369 g/mol. The van der Waals surface area contributed by atoms with Gasteiger partial charge in [-0.1, -0.05) is 0 Å². The maximum atomic E-state index is 13.5. The summed E-state index contributed by atoms with van der Waals surface area (Å²) in [6.07, 6.45) is 3.29. The summed E-state index contributed by atoms with van der Waals surface area (Å²) in [6.45, 7) is 1.92. The number of hydrogen-bond acceptors (Lipinski definition) is 3. The van der Waals surface area contributed by atoms with E-state index in [1.54, 1.807) is 0 Å². The molecule has 4 rings (SSSR count). The molecule has 142 valence electrons. The van der Waals surface area contributed by atoms with Crippen molar-refractivity contribution in [3.8, 4) is 0 Å². The molecule has 0 spiro atoms. The van der Waals surface area contributed by atoms with E-state index < -0.39 is 23.0 Å². The SMILES string of the molecule is Cc1c(Nc2nc(=O)ccn2Cc2cc(F)c(F)c(F)c2)ccc2[nH]ccc12. The minimum Gasteiger partial charge on any atom is -0.361 e. The van der Waals surface area contributed by atoms with E-state index in [2.05, 4.69) is 15.3 Å². The van der Waals surface area contributed by atoms with Crippen molar-refractivity contribution in [3.63, 3.8) is 0 Å². The molecule has 2 heterocycles. The van der Waals surface area contributed by atoms with Crippen molar-refractivity contribution < 1.29 is 13.2 Å². The van der Waals surface area contributed by atoms with E-state index in [4.69, 9.17) is 0 Å². The number of benzene rings is 2. The highest BCUT2D eigenvalue weighted by Gasteiger charge is 2.13. The summed E-state index contributed by atoms with van der Waals surface area (Å²) in [4.78, 5) is 18.8. The molecule has 2 aromatic heterocycles. The van der Waals surface area contributed by atoms with Gasteiger partial charge in [-0.2, -0.15) is 4.98 Å². The topological polar surface area (TPSA) is 62.7 Å². The number of hydrogen-bond donors (Lipinski definition) is 2. The average molecular weight is 384 g/mol. The van der Waals surface area contributed by atoms with Gasteiger partial charge in [0.15, 0.2) is 17.5 Å². The lowest BCUT2D eigenvalue weighted by Crippen LogP contribution is -2.16. The second-order valence-corrected chi connectivity index (χ2v) is 6.39. The standard InChI is InChI=1S/C20H15F3N4O/c1-11-13-4-6-24-17(13)3-2-16(11)25-20-26-18(28)5-7-27(20)10-12-8-14(21)19(23)15(22)9-12/h2-9,24H,10H2,1H3,(H,25,26,28). The molecule has 0 amide bonds. The molecule has 4 aromatic rings. The van der Waals surface area contributed by atoms with Crippen LogP contribution in [0.5, 0.6) is 0 Å². The predicted molar refractivity (Wildman–Crippen MR) is 100 cm³/mol. The quantitative estimate of drug-likeness (QED) is 0.518. The smallest absolute Gasteiger partial charge is 0.274 e. The Balaban J connectivity index is 1.72. The van der Waals surface area contributed by atoms with Crippen molar-refractivity contribution in [3.05, 3.63) is 87.7 Å². The maximum absolute atomic E-state index is 13.5. The Morgan fingerprint density at radius 3 is 2.61 bits per heavy atom. The number of nitrogens with one attached hydrogen (secondary N) is 2. The third kappa shape index (κ3) is 3.24. The first kappa shape index (κ1) is 17.8. The number of aromatic amines is 1. The van der Waals surface area contributed by atoms with Crippen LogP contribution in [0, 0.1) is 24.4 Å². The Bertz CT molecular complexity index is 1220. The molecule has 0 fully saturated rings. The summed E-state index contributed by atoms with van der Waals surface area (Å²) in [5.74, 6) is -3.86. The van der Waals surface area contributed by atoms with Crippen molar-refractivity contribution in [1.82, 2.24) is 14.5 Å². The van der Waals surface area contributed by atoms with Gasteiger partial charge in [0.05, 0.1) is 6.54 Å². The van der Waals surface area contributed by atoms with Crippen LogP contribution in [0.4, 0.5) is 24.8 Å². The normalized spacial score (nSPS) is 11.1. The van der Waals surface area contributed by atoms with Crippen LogP contribution in [0.15, 0.2) is 53.6 Å². The van der Waals surface area contributed by atoms with Crippen molar-refractivity contribution in [2.45, 2.75) is 13.5 Å². The van der Waals surface area contributed by atoms with Crippen LogP contribution in [0.3, 0.4) is 0 Å². The largest absolute Gasteiger partial charge is 0.361 e. The zero-order chi connectivity index (χ0) is 19.8. The molecule has 8 heteroatoms. The summed E-state index contributed by atoms with van der Waals surface area (Å²) in [5.41, 5.74) is 2.38. The van der Waals surface area contributed by atoms with Crippen molar-refractivity contribution in [2.75, 3.05) is 5.32 Å². The predicted octanol–water partition coefficient (Wildman–Crippen LogP) is 4.24. The summed E-state index contributed by atoms with van der Waals surface area (Å²) in [6, 6.07) is 8.74. The first-order valence-electron chi connectivity index (χ1n) is 8.47. The second-order valence-electron chi connectivity index (χ2n) is 6.39. The molecule has 0 radical (unpaired) electrons. The molecule has 5 nitrogen and oxygen atoms in total. The number of halogens is 3. The zero-order valence-electron chi connectivity index (χ0n) is 14.8. The van der Waals surface area contributed by atoms with Crippen molar-refractivity contribution in [1.29, 1.82) is 0 Å². The monoisotopic (exact) mass is 384 g/mol. The minimum absolute atomic E-state index is 0.00478. The van der Waals surface area contributed by atoms with Gasteiger partial charge in [0.1, 0.15) is 0 Å². The molecule has 0 aliphatic heterocycles. The molecular formula is C20H15F3N4O. The van der Waals surface area contributed by atoms with Gasteiger partial charge in [0, 0.05) is 35.1 Å². The number of anilines is 2. The van der Waals surface area contributed by atoms with Gasteiger partial charge in [-0.3, -0.25) is 4.79 Å². The fourth-order valence-corrected chi connectivity index (χ4v) is 3.09. The van der Waals surface area contributed by atoms with Gasteiger partial charge in [0.2, 0.25) is 5.95 Å². The molecule has 28 heavy (non-hydrogen) atoms. The van der Waals surface area contributed by atoms with E-state index in [1.807, 2.05) is 31.3 Å². The summed E-state index contributed by atoms with van der Waals surface area (Å²) >= 11 is 0. The number of rotatable bonds is 4. The lowest BCUT2D eigenvalue weighted by Gasteiger charge is -2.15. The summed E-state index contributed by atoms with van der Waals surface area (Å²) in [7, 11) is 0. The van der Waals surface area contributed by atoms with Gasteiger partial charge in [-0.05, 0) is 48.4 Å². The molecule has 0 atom stereocenters.